The number of nitro groups is 1. The van der Waals surface area contributed by atoms with Crippen LogP contribution in [0.4, 0.5) is 4.79 Å². The van der Waals surface area contributed by atoms with Crippen molar-refractivity contribution in [2.45, 2.75) is 58.6 Å². The molecule has 2 atom stereocenters. The number of amides is 1. The molecule has 0 aliphatic carbocycles. The predicted molar refractivity (Wildman–Crippen MR) is 71.6 cm³/mol. The van der Waals surface area contributed by atoms with E-state index < -0.39 is 11.6 Å². The Morgan fingerprint density at radius 3 is 2.68 bits per heavy atom. The monoisotopic (exact) mass is 272 g/mol. The second-order valence-electron chi connectivity index (χ2n) is 6.30. The normalized spacial score (nSPS) is 21.9. The molecular formula is C13H24N2O4. The van der Waals surface area contributed by atoms with E-state index in [1.165, 1.54) is 0 Å². The van der Waals surface area contributed by atoms with Crippen LogP contribution in [-0.2, 0) is 4.74 Å². The van der Waals surface area contributed by atoms with Crippen LogP contribution in [-0.4, -0.2) is 40.6 Å². The van der Waals surface area contributed by atoms with Crippen molar-refractivity contribution >= 4 is 6.09 Å². The lowest BCUT2D eigenvalue weighted by atomic mass is 9.92. The molecule has 110 valence electrons. The van der Waals surface area contributed by atoms with E-state index >= 15 is 0 Å². The van der Waals surface area contributed by atoms with E-state index in [2.05, 4.69) is 0 Å². The number of likely N-dealkylation sites (tertiary alicyclic amines) is 1. The van der Waals surface area contributed by atoms with Gasteiger partial charge in [0.1, 0.15) is 5.60 Å². The molecule has 0 bridgehead atoms. The molecule has 1 saturated heterocycles. The molecule has 1 aliphatic rings. The Labute approximate surface area is 114 Å². The van der Waals surface area contributed by atoms with Crippen molar-refractivity contribution in [3.63, 3.8) is 0 Å². The fraction of sp³-hybridized carbons (Fsp3) is 0.923. The molecule has 0 radical (unpaired) electrons. The molecule has 0 N–H and O–H groups in total. The second kappa shape index (κ2) is 6.21. The van der Waals surface area contributed by atoms with E-state index in [4.69, 9.17) is 4.74 Å². The van der Waals surface area contributed by atoms with Gasteiger partial charge in [0.2, 0.25) is 6.04 Å². The Kier molecular flexibility index (Phi) is 5.14. The molecular weight excluding hydrogens is 248 g/mol. The highest BCUT2D eigenvalue weighted by molar-refractivity contribution is 5.68. The van der Waals surface area contributed by atoms with Gasteiger partial charge < -0.3 is 9.64 Å². The van der Waals surface area contributed by atoms with Crippen LogP contribution in [0.3, 0.4) is 0 Å². The van der Waals surface area contributed by atoms with Crippen molar-refractivity contribution in [2.24, 2.45) is 5.92 Å². The fourth-order valence-corrected chi connectivity index (χ4v) is 2.32. The summed E-state index contributed by atoms with van der Waals surface area (Å²) in [6, 6.07) is -0.552. The number of hydrogen-bond acceptors (Lipinski definition) is 4. The summed E-state index contributed by atoms with van der Waals surface area (Å²) >= 11 is 0. The van der Waals surface area contributed by atoms with Gasteiger partial charge in [-0.05, 0) is 39.5 Å². The Morgan fingerprint density at radius 1 is 1.53 bits per heavy atom. The van der Waals surface area contributed by atoms with Gasteiger partial charge in [0, 0.05) is 31.4 Å². The number of piperidine rings is 1. The lowest BCUT2D eigenvalue weighted by Gasteiger charge is -2.34. The van der Waals surface area contributed by atoms with Crippen molar-refractivity contribution in [3.8, 4) is 0 Å². The number of ether oxygens (including phenoxy) is 1. The van der Waals surface area contributed by atoms with Crippen LogP contribution in [0.5, 0.6) is 0 Å². The largest absolute Gasteiger partial charge is 0.444 e. The van der Waals surface area contributed by atoms with Gasteiger partial charge in [-0.15, -0.1) is 0 Å². The molecule has 0 spiro atoms. The number of carbonyl (C=O) groups excluding carboxylic acids is 1. The van der Waals surface area contributed by atoms with E-state index in [1.807, 2.05) is 20.8 Å². The van der Waals surface area contributed by atoms with Crippen molar-refractivity contribution in [2.75, 3.05) is 13.1 Å². The third-order valence-electron chi connectivity index (χ3n) is 3.21. The summed E-state index contributed by atoms with van der Waals surface area (Å²) in [5, 5.41) is 10.7. The molecule has 6 nitrogen and oxygen atoms in total. The third kappa shape index (κ3) is 5.44. The minimum atomic E-state index is -0.552. The SMILES string of the molecule is CC(CC1CCCN(C(=O)OC(C)(C)C)C1)[N+](=O)[O-]. The number of carbonyl (C=O) groups is 1. The zero-order valence-corrected chi connectivity index (χ0v) is 12.2. The standard InChI is InChI=1S/C13H24N2O4/c1-10(15(17)18)8-11-6-5-7-14(9-11)12(16)19-13(2,3)4/h10-11H,5-9H2,1-4H3. The molecule has 2 unspecified atom stereocenters. The maximum atomic E-state index is 11.9. The van der Waals surface area contributed by atoms with E-state index in [0.717, 1.165) is 12.8 Å². The van der Waals surface area contributed by atoms with Crippen LogP contribution in [0.2, 0.25) is 0 Å². The van der Waals surface area contributed by atoms with Gasteiger partial charge >= 0.3 is 6.09 Å². The first-order valence-electron chi connectivity index (χ1n) is 6.80. The molecule has 0 aromatic rings. The summed E-state index contributed by atoms with van der Waals surface area (Å²) in [5.74, 6) is 0.196. The van der Waals surface area contributed by atoms with Crippen molar-refractivity contribution in [1.29, 1.82) is 0 Å². The number of rotatable bonds is 3. The lowest BCUT2D eigenvalue weighted by molar-refractivity contribution is -0.520. The van der Waals surface area contributed by atoms with Crippen molar-refractivity contribution in [3.05, 3.63) is 10.1 Å². The van der Waals surface area contributed by atoms with Gasteiger partial charge in [-0.25, -0.2) is 4.79 Å². The quantitative estimate of drug-likeness (QED) is 0.585. The van der Waals surface area contributed by atoms with Crippen LogP contribution in [0.15, 0.2) is 0 Å². The molecule has 6 heteroatoms. The molecule has 1 fully saturated rings. The van der Waals surface area contributed by atoms with Gasteiger partial charge in [0.15, 0.2) is 0 Å². The highest BCUT2D eigenvalue weighted by Crippen LogP contribution is 2.23. The maximum Gasteiger partial charge on any atom is 0.410 e. The van der Waals surface area contributed by atoms with Crippen LogP contribution in [0, 0.1) is 16.0 Å². The highest BCUT2D eigenvalue weighted by atomic mass is 16.6. The first-order valence-corrected chi connectivity index (χ1v) is 6.80. The zero-order valence-electron chi connectivity index (χ0n) is 12.2. The van der Waals surface area contributed by atoms with E-state index in [9.17, 15) is 14.9 Å². The van der Waals surface area contributed by atoms with Gasteiger partial charge in [0.05, 0.1) is 0 Å². The topological polar surface area (TPSA) is 72.7 Å². The van der Waals surface area contributed by atoms with Crippen LogP contribution >= 0.6 is 0 Å². The predicted octanol–water partition coefficient (Wildman–Crippen LogP) is 2.69. The average molecular weight is 272 g/mol. The summed E-state index contributed by atoms with van der Waals surface area (Å²) in [6.07, 6.45) is 2.03. The summed E-state index contributed by atoms with van der Waals surface area (Å²) < 4.78 is 5.33. The molecule has 0 aromatic heterocycles. The minimum absolute atomic E-state index is 0.196. The molecule has 1 aliphatic heterocycles. The summed E-state index contributed by atoms with van der Waals surface area (Å²) in [4.78, 5) is 24.0. The van der Waals surface area contributed by atoms with Crippen LogP contribution < -0.4 is 0 Å². The third-order valence-corrected chi connectivity index (χ3v) is 3.21. The maximum absolute atomic E-state index is 11.9. The lowest BCUT2D eigenvalue weighted by Crippen LogP contribution is -2.43. The second-order valence-corrected chi connectivity index (χ2v) is 6.30. The van der Waals surface area contributed by atoms with Gasteiger partial charge in [-0.1, -0.05) is 0 Å². The van der Waals surface area contributed by atoms with Crippen molar-refractivity contribution < 1.29 is 14.5 Å². The summed E-state index contributed by atoms with van der Waals surface area (Å²) in [7, 11) is 0. The van der Waals surface area contributed by atoms with Crippen LogP contribution in [0.1, 0.15) is 47.0 Å². The Morgan fingerprint density at radius 2 is 2.16 bits per heavy atom. The Bertz CT molecular complexity index is 338. The first-order chi connectivity index (χ1) is 8.69. The summed E-state index contributed by atoms with van der Waals surface area (Å²) in [5.41, 5.74) is -0.502. The number of hydrogen-bond donors (Lipinski definition) is 0. The smallest absolute Gasteiger partial charge is 0.410 e. The van der Waals surface area contributed by atoms with E-state index in [1.54, 1.807) is 11.8 Å². The van der Waals surface area contributed by atoms with Gasteiger partial charge in [-0.3, -0.25) is 10.1 Å². The summed E-state index contributed by atoms with van der Waals surface area (Å²) in [6.45, 7) is 8.36. The Hall–Kier alpha value is -1.33. The van der Waals surface area contributed by atoms with Gasteiger partial charge in [0.25, 0.3) is 0 Å². The zero-order chi connectivity index (χ0) is 14.6. The first kappa shape index (κ1) is 15.7. The molecule has 19 heavy (non-hydrogen) atoms. The number of nitrogens with zero attached hydrogens (tertiary/aromatic N) is 2. The molecule has 1 heterocycles. The van der Waals surface area contributed by atoms with E-state index in [0.29, 0.717) is 19.5 Å². The van der Waals surface area contributed by atoms with E-state index in [-0.39, 0.29) is 16.9 Å². The molecule has 1 amide bonds. The minimum Gasteiger partial charge on any atom is -0.444 e. The molecule has 1 rings (SSSR count). The van der Waals surface area contributed by atoms with Crippen molar-refractivity contribution in [1.82, 2.24) is 4.90 Å². The molecule has 0 aromatic carbocycles. The van der Waals surface area contributed by atoms with Crippen LogP contribution in [0.25, 0.3) is 0 Å². The fourth-order valence-electron chi connectivity index (χ4n) is 2.32. The molecule has 0 saturated carbocycles. The average Bonchev–Trinajstić information content (AvgIpc) is 2.27. The van der Waals surface area contributed by atoms with Gasteiger partial charge in [-0.2, -0.15) is 0 Å². The highest BCUT2D eigenvalue weighted by Gasteiger charge is 2.30. The Balaban J connectivity index is 2.50.